The van der Waals surface area contributed by atoms with Crippen LogP contribution in [-0.2, 0) is 0 Å². The zero-order valence-electron chi connectivity index (χ0n) is 8.95. The van der Waals surface area contributed by atoms with Crippen LogP contribution in [0.1, 0.15) is 29.7 Å². The topological polar surface area (TPSA) is 69.2 Å². The summed E-state index contributed by atoms with van der Waals surface area (Å²) in [6, 6.07) is 0. The minimum Gasteiger partial charge on any atom is -0.388 e. The highest BCUT2D eigenvalue weighted by atomic mass is 16.3. The largest absolute Gasteiger partial charge is 0.388 e. The van der Waals surface area contributed by atoms with Gasteiger partial charge in [-0.05, 0) is 20.3 Å². The van der Waals surface area contributed by atoms with Crippen molar-refractivity contribution in [3.8, 4) is 0 Å². The van der Waals surface area contributed by atoms with Crippen molar-refractivity contribution in [2.75, 3.05) is 13.1 Å². The van der Waals surface area contributed by atoms with Gasteiger partial charge in [-0.2, -0.15) is 0 Å². The first-order valence-electron chi connectivity index (χ1n) is 5.01. The van der Waals surface area contributed by atoms with Gasteiger partial charge in [0, 0.05) is 13.1 Å². The van der Waals surface area contributed by atoms with Crippen molar-refractivity contribution < 1.29 is 9.90 Å². The number of imidazole rings is 1. The van der Waals surface area contributed by atoms with E-state index in [1.54, 1.807) is 18.7 Å². The van der Waals surface area contributed by atoms with Gasteiger partial charge in [-0.1, -0.05) is 0 Å². The zero-order chi connectivity index (χ0) is 11.1. The molecule has 0 spiro atoms. The molecule has 2 N–H and O–H groups in total. The lowest BCUT2D eigenvalue weighted by molar-refractivity contribution is 0.0569. The second kappa shape index (κ2) is 3.34. The second-order valence-electron chi connectivity index (χ2n) is 4.36. The van der Waals surface area contributed by atoms with E-state index in [0.29, 0.717) is 25.2 Å². The molecule has 0 saturated carbocycles. The van der Waals surface area contributed by atoms with Gasteiger partial charge in [0.1, 0.15) is 11.5 Å². The van der Waals surface area contributed by atoms with E-state index in [0.717, 1.165) is 5.82 Å². The summed E-state index contributed by atoms with van der Waals surface area (Å²) in [6.07, 6.45) is 2.16. The molecule has 15 heavy (non-hydrogen) atoms. The maximum absolute atomic E-state index is 11.9. The predicted molar refractivity (Wildman–Crippen MR) is 54.5 cm³/mol. The molecule has 1 saturated heterocycles. The van der Waals surface area contributed by atoms with Crippen LogP contribution in [0.25, 0.3) is 0 Å². The quantitative estimate of drug-likeness (QED) is 0.699. The summed E-state index contributed by atoms with van der Waals surface area (Å²) < 4.78 is 0. The Hall–Kier alpha value is -1.36. The van der Waals surface area contributed by atoms with E-state index in [1.807, 2.05) is 0 Å². The predicted octanol–water partition coefficient (Wildman–Crippen LogP) is 0.315. The molecule has 1 aromatic rings. The molecule has 0 radical (unpaired) electrons. The molecule has 2 rings (SSSR count). The molecule has 1 amide bonds. The summed E-state index contributed by atoms with van der Waals surface area (Å²) in [6.45, 7) is 4.54. The van der Waals surface area contributed by atoms with E-state index >= 15 is 0 Å². The Morgan fingerprint density at radius 2 is 2.47 bits per heavy atom. The van der Waals surface area contributed by atoms with Crippen molar-refractivity contribution in [1.29, 1.82) is 0 Å². The van der Waals surface area contributed by atoms with E-state index in [2.05, 4.69) is 9.97 Å². The summed E-state index contributed by atoms with van der Waals surface area (Å²) in [5, 5.41) is 9.75. The van der Waals surface area contributed by atoms with Crippen LogP contribution in [0, 0.1) is 6.92 Å². The number of carbonyl (C=O) groups is 1. The summed E-state index contributed by atoms with van der Waals surface area (Å²) in [5.74, 6) is 0.637. The van der Waals surface area contributed by atoms with E-state index < -0.39 is 5.60 Å². The van der Waals surface area contributed by atoms with Gasteiger partial charge in [-0.3, -0.25) is 4.79 Å². The number of aromatic nitrogens is 2. The Balaban J connectivity index is 2.10. The third-order valence-electron chi connectivity index (χ3n) is 2.67. The number of amides is 1. The second-order valence-corrected chi connectivity index (χ2v) is 4.36. The average molecular weight is 209 g/mol. The highest BCUT2D eigenvalue weighted by Gasteiger charge is 2.34. The van der Waals surface area contributed by atoms with Crippen LogP contribution in [0.2, 0.25) is 0 Å². The molecule has 1 aliphatic heterocycles. The number of hydrogen-bond acceptors (Lipinski definition) is 3. The molecular formula is C10H15N3O2. The SMILES string of the molecule is Cc1ncc(C(=O)N2CCC(C)(O)C2)[nH]1. The first kappa shape index (κ1) is 10.2. The van der Waals surface area contributed by atoms with Gasteiger partial charge in [-0.25, -0.2) is 4.98 Å². The molecule has 1 atom stereocenters. The molecule has 82 valence electrons. The van der Waals surface area contributed by atoms with Gasteiger partial charge in [0.05, 0.1) is 11.8 Å². The van der Waals surface area contributed by atoms with Crippen LogP contribution >= 0.6 is 0 Å². The van der Waals surface area contributed by atoms with Crippen LogP contribution in [-0.4, -0.2) is 44.6 Å². The number of H-pyrrole nitrogens is 1. The van der Waals surface area contributed by atoms with Crippen molar-refractivity contribution in [1.82, 2.24) is 14.9 Å². The molecule has 0 bridgehead atoms. The van der Waals surface area contributed by atoms with Crippen molar-refractivity contribution in [2.24, 2.45) is 0 Å². The van der Waals surface area contributed by atoms with Crippen molar-refractivity contribution >= 4 is 5.91 Å². The van der Waals surface area contributed by atoms with Gasteiger partial charge >= 0.3 is 0 Å². The van der Waals surface area contributed by atoms with E-state index in [-0.39, 0.29) is 5.91 Å². The summed E-state index contributed by atoms with van der Waals surface area (Å²) in [7, 11) is 0. The number of β-amino-alcohol motifs (C(OH)–C–C–N with tert-alkyl or cyclic N) is 1. The van der Waals surface area contributed by atoms with Crippen LogP contribution in [0.5, 0.6) is 0 Å². The van der Waals surface area contributed by atoms with Crippen LogP contribution in [0.15, 0.2) is 6.20 Å². The first-order valence-corrected chi connectivity index (χ1v) is 5.01. The number of rotatable bonds is 1. The fourth-order valence-electron chi connectivity index (χ4n) is 1.82. The maximum atomic E-state index is 11.9. The lowest BCUT2D eigenvalue weighted by Gasteiger charge is -2.18. The van der Waals surface area contributed by atoms with Crippen molar-refractivity contribution in [3.05, 3.63) is 17.7 Å². The Morgan fingerprint density at radius 3 is 2.93 bits per heavy atom. The van der Waals surface area contributed by atoms with E-state index in [1.165, 1.54) is 6.20 Å². The lowest BCUT2D eigenvalue weighted by Crippen LogP contribution is -2.34. The Kier molecular flexibility index (Phi) is 2.26. The van der Waals surface area contributed by atoms with Gasteiger partial charge in [0.15, 0.2) is 0 Å². The summed E-state index contributed by atoms with van der Waals surface area (Å²) in [5.41, 5.74) is -0.254. The molecule has 0 aromatic carbocycles. The van der Waals surface area contributed by atoms with Crippen LogP contribution < -0.4 is 0 Å². The fourth-order valence-corrected chi connectivity index (χ4v) is 1.82. The first-order chi connectivity index (χ1) is 6.98. The van der Waals surface area contributed by atoms with Gasteiger partial charge in [0.25, 0.3) is 5.91 Å². The van der Waals surface area contributed by atoms with Gasteiger partial charge < -0.3 is 15.0 Å². The molecule has 1 unspecified atom stereocenters. The number of nitrogens with one attached hydrogen (secondary N) is 1. The standard InChI is InChI=1S/C10H15N3O2/c1-7-11-5-8(12-7)9(14)13-4-3-10(2,15)6-13/h5,15H,3-4,6H2,1-2H3,(H,11,12). The van der Waals surface area contributed by atoms with Crippen molar-refractivity contribution in [3.63, 3.8) is 0 Å². The highest BCUT2D eigenvalue weighted by molar-refractivity contribution is 5.92. The van der Waals surface area contributed by atoms with Crippen LogP contribution in [0.4, 0.5) is 0 Å². The minimum absolute atomic E-state index is 0.0895. The molecule has 1 aromatic heterocycles. The van der Waals surface area contributed by atoms with Crippen LogP contribution in [0.3, 0.4) is 0 Å². The molecule has 1 aliphatic rings. The molecule has 5 heteroatoms. The monoisotopic (exact) mass is 209 g/mol. The molecular weight excluding hydrogens is 194 g/mol. The number of carbonyl (C=O) groups excluding carboxylic acids is 1. The van der Waals surface area contributed by atoms with E-state index in [9.17, 15) is 9.90 Å². The number of nitrogens with zero attached hydrogens (tertiary/aromatic N) is 2. The summed E-state index contributed by atoms with van der Waals surface area (Å²) in [4.78, 5) is 20.4. The third-order valence-corrected chi connectivity index (χ3v) is 2.67. The number of likely N-dealkylation sites (tertiary alicyclic amines) is 1. The maximum Gasteiger partial charge on any atom is 0.272 e. The Labute approximate surface area is 88.1 Å². The third kappa shape index (κ3) is 2.02. The zero-order valence-corrected chi connectivity index (χ0v) is 8.95. The normalized spacial score (nSPS) is 25.9. The molecule has 2 heterocycles. The number of aryl methyl sites for hydroxylation is 1. The lowest BCUT2D eigenvalue weighted by atomic mass is 10.1. The smallest absolute Gasteiger partial charge is 0.272 e. The van der Waals surface area contributed by atoms with Gasteiger partial charge in [0.2, 0.25) is 0 Å². The van der Waals surface area contributed by atoms with Crippen molar-refractivity contribution in [2.45, 2.75) is 25.9 Å². The Morgan fingerprint density at radius 1 is 1.73 bits per heavy atom. The van der Waals surface area contributed by atoms with Gasteiger partial charge in [-0.15, -0.1) is 0 Å². The molecule has 1 fully saturated rings. The minimum atomic E-state index is -0.745. The summed E-state index contributed by atoms with van der Waals surface area (Å²) >= 11 is 0. The number of aliphatic hydroxyl groups is 1. The number of hydrogen-bond donors (Lipinski definition) is 2. The fraction of sp³-hybridized carbons (Fsp3) is 0.600. The highest BCUT2D eigenvalue weighted by Crippen LogP contribution is 2.21. The Bertz CT molecular complexity index is 384. The molecule has 0 aliphatic carbocycles. The molecule has 5 nitrogen and oxygen atoms in total. The number of aromatic amines is 1. The average Bonchev–Trinajstić information content (AvgIpc) is 2.71. The van der Waals surface area contributed by atoms with E-state index in [4.69, 9.17) is 0 Å².